The molecule has 0 aromatic rings. The highest BCUT2D eigenvalue weighted by molar-refractivity contribution is 5.68. The molecule has 0 aliphatic carbocycles. The van der Waals surface area contributed by atoms with Crippen LogP contribution in [0.25, 0.3) is 0 Å². The van der Waals surface area contributed by atoms with Gasteiger partial charge in [-0.3, -0.25) is 19.2 Å². The van der Waals surface area contributed by atoms with E-state index < -0.39 is 54.4 Å². The Hall–Kier alpha value is -2.24. The molecule has 11 nitrogen and oxygen atoms in total. The lowest BCUT2D eigenvalue weighted by Gasteiger charge is -2.37. The molecule has 0 rings (SSSR count). The zero-order chi connectivity index (χ0) is 22.6. The molecule has 0 saturated carbocycles. The van der Waals surface area contributed by atoms with Crippen LogP contribution in [0.2, 0.25) is 0 Å². The Morgan fingerprint density at radius 2 is 0.966 bits per heavy atom. The van der Waals surface area contributed by atoms with E-state index in [0.717, 1.165) is 20.8 Å². The molecular formula is C18H30O11. The van der Waals surface area contributed by atoms with E-state index in [1.54, 1.807) is 0 Å². The second kappa shape index (κ2) is 13.9. The lowest BCUT2D eigenvalue weighted by Crippen LogP contribution is -2.56. The third-order valence-electron chi connectivity index (χ3n) is 3.67. The van der Waals surface area contributed by atoms with Gasteiger partial charge in [-0.05, 0) is 0 Å². The Labute approximate surface area is 169 Å². The van der Waals surface area contributed by atoms with Gasteiger partial charge in [0.2, 0.25) is 0 Å². The third kappa shape index (κ3) is 10.2. The molecule has 0 amide bonds. The number of carbonyl (C=O) groups is 4. The summed E-state index contributed by atoms with van der Waals surface area (Å²) in [5, 5.41) is 0. The van der Waals surface area contributed by atoms with Crippen LogP contribution in [0, 0.1) is 0 Å². The summed E-state index contributed by atoms with van der Waals surface area (Å²) in [6, 6.07) is 0. The smallest absolute Gasteiger partial charge is 0.303 e. The lowest BCUT2D eigenvalue weighted by molar-refractivity contribution is -0.211. The van der Waals surface area contributed by atoms with Gasteiger partial charge in [-0.2, -0.15) is 0 Å². The van der Waals surface area contributed by atoms with E-state index in [0.29, 0.717) is 0 Å². The SMILES string of the molecule is COCC(OC)C(OC(C)=O)C(OC(C)=O)C(OC(C)=O)C(COC(C)=O)OC. The summed E-state index contributed by atoms with van der Waals surface area (Å²) in [5.41, 5.74) is 0. The highest BCUT2D eigenvalue weighted by Gasteiger charge is 2.46. The highest BCUT2D eigenvalue weighted by Crippen LogP contribution is 2.23. The zero-order valence-corrected chi connectivity index (χ0v) is 17.8. The molecule has 0 heterocycles. The molecule has 0 spiro atoms. The van der Waals surface area contributed by atoms with Gasteiger partial charge in [-0.25, -0.2) is 0 Å². The molecule has 0 fully saturated rings. The first-order valence-corrected chi connectivity index (χ1v) is 8.76. The van der Waals surface area contributed by atoms with Crippen molar-refractivity contribution in [3.8, 4) is 0 Å². The zero-order valence-electron chi connectivity index (χ0n) is 17.8. The second-order valence-electron chi connectivity index (χ2n) is 6.03. The van der Waals surface area contributed by atoms with Gasteiger partial charge in [-0.15, -0.1) is 0 Å². The fraction of sp³-hybridized carbons (Fsp3) is 0.778. The molecule has 0 N–H and O–H groups in total. The average Bonchev–Trinajstić information content (AvgIpc) is 2.61. The Bertz CT molecular complexity index is 548. The molecule has 0 aliphatic rings. The number of carbonyl (C=O) groups excluding carboxylic acids is 4. The Balaban J connectivity index is 6.19. The van der Waals surface area contributed by atoms with Crippen LogP contribution in [0.3, 0.4) is 0 Å². The van der Waals surface area contributed by atoms with Gasteiger partial charge < -0.3 is 33.2 Å². The Morgan fingerprint density at radius 1 is 0.586 bits per heavy atom. The molecule has 5 atom stereocenters. The van der Waals surface area contributed by atoms with Crippen molar-refractivity contribution >= 4 is 23.9 Å². The predicted octanol–water partition coefficient (Wildman–Crippen LogP) is 0.0210. The summed E-state index contributed by atoms with van der Waals surface area (Å²) in [4.78, 5) is 46.4. The maximum atomic E-state index is 11.8. The number of hydrogen-bond donors (Lipinski definition) is 0. The van der Waals surface area contributed by atoms with E-state index >= 15 is 0 Å². The number of ether oxygens (including phenoxy) is 7. The van der Waals surface area contributed by atoms with Gasteiger partial charge in [0.25, 0.3) is 0 Å². The summed E-state index contributed by atoms with van der Waals surface area (Å²) in [6.07, 6.45) is -5.77. The monoisotopic (exact) mass is 422 g/mol. The summed E-state index contributed by atoms with van der Waals surface area (Å²) >= 11 is 0. The third-order valence-corrected chi connectivity index (χ3v) is 3.67. The Kier molecular flexibility index (Phi) is 12.8. The van der Waals surface area contributed by atoms with Crippen molar-refractivity contribution in [2.75, 3.05) is 34.5 Å². The number of esters is 4. The fourth-order valence-electron chi connectivity index (χ4n) is 2.56. The minimum atomic E-state index is -1.35. The first kappa shape index (κ1) is 26.8. The van der Waals surface area contributed by atoms with Crippen LogP contribution in [0.1, 0.15) is 27.7 Å². The van der Waals surface area contributed by atoms with Gasteiger partial charge in [0.05, 0.1) is 6.61 Å². The van der Waals surface area contributed by atoms with E-state index in [-0.39, 0.29) is 13.2 Å². The molecule has 5 unspecified atom stereocenters. The van der Waals surface area contributed by atoms with Crippen molar-refractivity contribution in [1.82, 2.24) is 0 Å². The fourth-order valence-corrected chi connectivity index (χ4v) is 2.56. The molecule has 0 aliphatic heterocycles. The first-order valence-electron chi connectivity index (χ1n) is 8.76. The normalized spacial score (nSPS) is 16.0. The van der Waals surface area contributed by atoms with E-state index in [1.807, 2.05) is 0 Å². The van der Waals surface area contributed by atoms with Crippen molar-refractivity contribution in [1.29, 1.82) is 0 Å². The van der Waals surface area contributed by atoms with Gasteiger partial charge in [-0.1, -0.05) is 0 Å². The van der Waals surface area contributed by atoms with E-state index in [2.05, 4.69) is 0 Å². The van der Waals surface area contributed by atoms with Gasteiger partial charge >= 0.3 is 23.9 Å². The summed E-state index contributed by atoms with van der Waals surface area (Å²) in [5.74, 6) is -2.75. The van der Waals surface area contributed by atoms with Crippen LogP contribution in [0.15, 0.2) is 0 Å². The molecule has 11 heteroatoms. The van der Waals surface area contributed by atoms with Crippen molar-refractivity contribution in [2.45, 2.75) is 58.2 Å². The largest absolute Gasteiger partial charge is 0.463 e. The van der Waals surface area contributed by atoms with Crippen molar-refractivity contribution in [3.05, 3.63) is 0 Å². The summed E-state index contributed by atoms with van der Waals surface area (Å²) in [6.45, 7) is 4.29. The van der Waals surface area contributed by atoms with Crippen LogP contribution in [0.4, 0.5) is 0 Å². The van der Waals surface area contributed by atoms with E-state index in [1.165, 1.54) is 28.3 Å². The maximum Gasteiger partial charge on any atom is 0.303 e. The lowest BCUT2D eigenvalue weighted by atomic mass is 9.98. The van der Waals surface area contributed by atoms with Crippen LogP contribution in [-0.2, 0) is 52.3 Å². The number of hydrogen-bond acceptors (Lipinski definition) is 11. The number of rotatable bonds is 13. The molecule has 0 aromatic heterocycles. The van der Waals surface area contributed by atoms with Gasteiger partial charge in [0, 0.05) is 49.0 Å². The minimum absolute atomic E-state index is 0.0272. The summed E-state index contributed by atoms with van der Waals surface area (Å²) < 4.78 is 36.6. The van der Waals surface area contributed by atoms with E-state index in [9.17, 15) is 19.2 Å². The van der Waals surface area contributed by atoms with E-state index in [4.69, 9.17) is 33.2 Å². The molecule has 29 heavy (non-hydrogen) atoms. The molecule has 0 aromatic carbocycles. The average molecular weight is 422 g/mol. The van der Waals surface area contributed by atoms with Crippen molar-refractivity contribution in [3.63, 3.8) is 0 Å². The van der Waals surface area contributed by atoms with Crippen LogP contribution >= 0.6 is 0 Å². The minimum Gasteiger partial charge on any atom is -0.463 e. The first-order chi connectivity index (χ1) is 13.6. The quantitative estimate of drug-likeness (QED) is 0.294. The molecule has 168 valence electrons. The second-order valence-corrected chi connectivity index (χ2v) is 6.03. The van der Waals surface area contributed by atoms with Gasteiger partial charge in [0.15, 0.2) is 18.3 Å². The Morgan fingerprint density at radius 3 is 1.28 bits per heavy atom. The van der Waals surface area contributed by atoms with Crippen molar-refractivity contribution < 1.29 is 52.3 Å². The van der Waals surface area contributed by atoms with Crippen LogP contribution in [-0.4, -0.2) is 88.9 Å². The number of methoxy groups -OCH3 is 3. The molecule has 0 saturated heterocycles. The topological polar surface area (TPSA) is 133 Å². The predicted molar refractivity (Wildman–Crippen MR) is 96.8 cm³/mol. The highest BCUT2D eigenvalue weighted by atomic mass is 16.6. The van der Waals surface area contributed by atoms with Crippen molar-refractivity contribution in [2.24, 2.45) is 0 Å². The van der Waals surface area contributed by atoms with Gasteiger partial charge in [0.1, 0.15) is 18.8 Å². The molecule has 0 bridgehead atoms. The maximum absolute atomic E-state index is 11.8. The molecular weight excluding hydrogens is 392 g/mol. The summed E-state index contributed by atoms with van der Waals surface area (Å²) in [7, 11) is 4.04. The molecule has 0 radical (unpaired) electrons. The van der Waals surface area contributed by atoms with Crippen LogP contribution in [0.5, 0.6) is 0 Å². The van der Waals surface area contributed by atoms with Crippen LogP contribution < -0.4 is 0 Å². The standard InChI is InChI=1S/C18H30O11/c1-10(19)26-9-15(25-7)17(28-12(3)21)18(29-13(4)22)16(27-11(2)20)14(24-6)8-23-5/h14-18H,8-9H2,1-7H3.